The quantitative estimate of drug-likeness (QED) is 0.374. The molecule has 10 heteroatoms. The number of hydrogen-bond acceptors (Lipinski definition) is 6. The molecule has 2 heterocycles. The van der Waals surface area contributed by atoms with Crippen molar-refractivity contribution < 1.29 is 19.2 Å². The predicted octanol–water partition coefficient (Wildman–Crippen LogP) is -1.67. The Morgan fingerprint density at radius 1 is 0.567 bits per heavy atom. The second-order valence-electron chi connectivity index (χ2n) is 8.12. The summed E-state index contributed by atoms with van der Waals surface area (Å²) in [6, 6.07) is 0. The summed E-state index contributed by atoms with van der Waals surface area (Å²) in [5.41, 5.74) is 0. The van der Waals surface area contributed by atoms with Crippen molar-refractivity contribution in [2.75, 3.05) is 79.5 Å². The molecule has 0 spiro atoms. The van der Waals surface area contributed by atoms with E-state index in [1.54, 1.807) is 9.80 Å². The Morgan fingerprint density at radius 3 is 1.23 bits per heavy atom. The molecule has 0 radical (unpaired) electrons. The van der Waals surface area contributed by atoms with Crippen molar-refractivity contribution in [3.05, 3.63) is 0 Å². The molecule has 30 heavy (non-hydrogen) atoms. The molecule has 2 N–H and O–H groups in total. The van der Waals surface area contributed by atoms with Crippen LogP contribution in [-0.4, -0.2) is 123 Å². The van der Waals surface area contributed by atoms with E-state index in [4.69, 9.17) is 0 Å². The minimum atomic E-state index is -0.533. The lowest BCUT2D eigenvalue weighted by molar-refractivity contribution is -0.146. The smallest absolute Gasteiger partial charge is 0.311 e. The van der Waals surface area contributed by atoms with Crippen LogP contribution < -0.4 is 10.6 Å². The summed E-state index contributed by atoms with van der Waals surface area (Å²) >= 11 is 0. The molecule has 10 nitrogen and oxygen atoms in total. The Balaban J connectivity index is 1.47. The molecule has 0 unspecified atom stereocenters. The third kappa shape index (κ3) is 7.91. The average Bonchev–Trinajstić information content (AvgIpc) is 2.75. The Morgan fingerprint density at radius 2 is 0.900 bits per heavy atom. The maximum atomic E-state index is 12.1. The molecule has 0 aromatic rings. The van der Waals surface area contributed by atoms with Crippen molar-refractivity contribution in [2.45, 2.75) is 25.7 Å². The zero-order valence-electron chi connectivity index (χ0n) is 18.3. The van der Waals surface area contributed by atoms with Gasteiger partial charge in [-0.25, -0.2) is 0 Å². The fourth-order valence-corrected chi connectivity index (χ4v) is 3.46. The maximum Gasteiger partial charge on any atom is 0.311 e. The van der Waals surface area contributed by atoms with Gasteiger partial charge in [0.1, 0.15) is 0 Å². The monoisotopic (exact) mass is 424 g/mol. The van der Waals surface area contributed by atoms with Gasteiger partial charge in [0.25, 0.3) is 0 Å². The van der Waals surface area contributed by atoms with Gasteiger partial charge < -0.3 is 30.2 Å². The number of amides is 4. The molecule has 0 aromatic heterocycles. The van der Waals surface area contributed by atoms with E-state index in [1.165, 1.54) is 0 Å². The third-order valence-electron chi connectivity index (χ3n) is 5.64. The summed E-state index contributed by atoms with van der Waals surface area (Å²) < 4.78 is 0. The number of nitrogens with zero attached hydrogens (tertiary/aromatic N) is 4. The standard InChI is InChI=1S/C20H36N6O4/c1-23-9-13-25(14-10-23)19(29)17(27)21-7-5-3-4-6-8-22-18(28)20(30)26-15-11-24(2)12-16-26/h3-16H2,1-2H3,(H,21,27)(H,22,28). The number of carbonyl (C=O) groups excluding carboxylic acids is 4. The summed E-state index contributed by atoms with van der Waals surface area (Å²) in [7, 11) is 4.00. The number of nitrogens with one attached hydrogen (secondary N) is 2. The fraction of sp³-hybridized carbons (Fsp3) is 0.800. The molecule has 2 fully saturated rings. The number of unbranched alkanes of at least 4 members (excludes halogenated alkanes) is 3. The normalized spacial score (nSPS) is 18.2. The zero-order valence-corrected chi connectivity index (χ0v) is 18.3. The van der Waals surface area contributed by atoms with Crippen molar-refractivity contribution >= 4 is 23.6 Å². The zero-order chi connectivity index (χ0) is 21.9. The lowest BCUT2D eigenvalue weighted by atomic mass is 10.2. The Hall–Kier alpha value is -2.20. The van der Waals surface area contributed by atoms with Crippen LogP contribution in [0.1, 0.15) is 25.7 Å². The summed E-state index contributed by atoms with van der Waals surface area (Å²) in [4.78, 5) is 55.5. The van der Waals surface area contributed by atoms with Crippen molar-refractivity contribution in [3.8, 4) is 0 Å². The highest BCUT2D eigenvalue weighted by molar-refractivity contribution is 6.35. The van der Waals surface area contributed by atoms with E-state index in [1.807, 2.05) is 14.1 Å². The van der Waals surface area contributed by atoms with Gasteiger partial charge in [0.05, 0.1) is 0 Å². The van der Waals surface area contributed by atoms with Crippen LogP contribution in [0.5, 0.6) is 0 Å². The second kappa shape index (κ2) is 12.5. The van der Waals surface area contributed by atoms with E-state index in [0.29, 0.717) is 39.3 Å². The number of piperazine rings is 2. The average molecular weight is 425 g/mol. The van der Waals surface area contributed by atoms with Crippen LogP contribution >= 0.6 is 0 Å². The fourth-order valence-electron chi connectivity index (χ4n) is 3.46. The van der Waals surface area contributed by atoms with E-state index in [9.17, 15) is 19.2 Å². The van der Waals surface area contributed by atoms with Crippen LogP contribution in [-0.2, 0) is 19.2 Å². The van der Waals surface area contributed by atoms with Gasteiger partial charge in [0.2, 0.25) is 0 Å². The number of hydrogen-bond donors (Lipinski definition) is 2. The first kappa shape index (κ1) is 24.1. The minimum Gasteiger partial charge on any atom is -0.348 e. The molecule has 0 atom stereocenters. The van der Waals surface area contributed by atoms with Crippen LogP contribution in [0.25, 0.3) is 0 Å². The van der Waals surface area contributed by atoms with Gasteiger partial charge >= 0.3 is 23.6 Å². The highest BCUT2D eigenvalue weighted by Gasteiger charge is 2.25. The van der Waals surface area contributed by atoms with Crippen LogP contribution in [0.3, 0.4) is 0 Å². The van der Waals surface area contributed by atoms with Crippen molar-refractivity contribution in [2.24, 2.45) is 0 Å². The van der Waals surface area contributed by atoms with E-state index in [0.717, 1.165) is 51.9 Å². The van der Waals surface area contributed by atoms with E-state index >= 15 is 0 Å². The van der Waals surface area contributed by atoms with Crippen LogP contribution in [0.15, 0.2) is 0 Å². The molecule has 0 saturated carbocycles. The summed E-state index contributed by atoms with van der Waals surface area (Å²) in [5.74, 6) is -1.96. The maximum absolute atomic E-state index is 12.1. The molecule has 0 aromatic carbocycles. The molecular weight excluding hydrogens is 388 g/mol. The number of carbonyl (C=O) groups is 4. The number of likely N-dealkylation sites (N-methyl/N-ethyl adjacent to an activating group) is 2. The van der Waals surface area contributed by atoms with Crippen LogP contribution in [0, 0.1) is 0 Å². The van der Waals surface area contributed by atoms with Crippen molar-refractivity contribution in [1.29, 1.82) is 0 Å². The highest BCUT2D eigenvalue weighted by Crippen LogP contribution is 2.02. The lowest BCUT2D eigenvalue weighted by Crippen LogP contribution is -2.51. The van der Waals surface area contributed by atoms with Crippen LogP contribution in [0.2, 0.25) is 0 Å². The van der Waals surface area contributed by atoms with Crippen LogP contribution in [0.4, 0.5) is 0 Å². The Bertz CT molecular complexity index is 546. The first-order valence-corrected chi connectivity index (χ1v) is 10.9. The van der Waals surface area contributed by atoms with Gasteiger partial charge in [-0.1, -0.05) is 12.8 Å². The van der Waals surface area contributed by atoms with Gasteiger partial charge in [0.15, 0.2) is 0 Å². The lowest BCUT2D eigenvalue weighted by Gasteiger charge is -2.31. The third-order valence-corrected chi connectivity index (χ3v) is 5.64. The first-order chi connectivity index (χ1) is 14.4. The minimum absolute atomic E-state index is 0.448. The van der Waals surface area contributed by atoms with E-state index in [2.05, 4.69) is 20.4 Å². The van der Waals surface area contributed by atoms with Gasteiger partial charge in [-0.2, -0.15) is 0 Å². The molecule has 0 aliphatic carbocycles. The SMILES string of the molecule is CN1CCN(C(=O)C(=O)NCCCCCCNC(=O)C(=O)N2CCN(C)CC2)CC1. The molecule has 4 amide bonds. The topological polar surface area (TPSA) is 105 Å². The van der Waals surface area contributed by atoms with E-state index in [-0.39, 0.29) is 0 Å². The molecule has 0 bridgehead atoms. The van der Waals surface area contributed by atoms with Gasteiger partial charge in [-0.3, -0.25) is 19.2 Å². The summed E-state index contributed by atoms with van der Waals surface area (Å²) in [6.07, 6.45) is 3.31. The van der Waals surface area contributed by atoms with Crippen molar-refractivity contribution in [1.82, 2.24) is 30.2 Å². The molecule has 2 aliphatic rings. The highest BCUT2D eigenvalue weighted by atomic mass is 16.2. The largest absolute Gasteiger partial charge is 0.348 e. The summed E-state index contributed by atoms with van der Waals surface area (Å²) in [6.45, 7) is 6.44. The van der Waals surface area contributed by atoms with Gasteiger partial charge in [0, 0.05) is 65.4 Å². The molecule has 2 rings (SSSR count). The molecular formula is C20H36N6O4. The Kier molecular flexibility index (Phi) is 10.0. The van der Waals surface area contributed by atoms with E-state index < -0.39 is 23.6 Å². The second-order valence-corrected chi connectivity index (χ2v) is 8.12. The van der Waals surface area contributed by atoms with Crippen molar-refractivity contribution in [3.63, 3.8) is 0 Å². The molecule has 2 aliphatic heterocycles. The predicted molar refractivity (Wildman–Crippen MR) is 113 cm³/mol. The molecule has 2 saturated heterocycles. The van der Waals surface area contributed by atoms with Gasteiger partial charge in [-0.15, -0.1) is 0 Å². The first-order valence-electron chi connectivity index (χ1n) is 10.9. The Labute approximate surface area is 178 Å². The van der Waals surface area contributed by atoms with Gasteiger partial charge in [-0.05, 0) is 26.9 Å². The molecule has 170 valence electrons. The summed E-state index contributed by atoms with van der Waals surface area (Å²) in [5, 5.41) is 5.37. The number of rotatable bonds is 7.